The van der Waals surface area contributed by atoms with Crippen LogP contribution in [0.15, 0.2) is 162 Å². The van der Waals surface area contributed by atoms with Gasteiger partial charge in [0, 0.05) is 61.3 Å². The molecular weight excluding hydrogens is 787 g/mol. The zero-order valence-electron chi connectivity index (χ0n) is 37.9. The summed E-state index contributed by atoms with van der Waals surface area (Å²) in [7, 11) is 0. The molecule has 65 heavy (non-hydrogen) atoms. The monoisotopic (exact) mass is 834 g/mol. The third-order valence-electron chi connectivity index (χ3n) is 15.1. The zero-order chi connectivity index (χ0) is 43.8. The lowest BCUT2D eigenvalue weighted by atomic mass is 9.44. The number of hydrogen-bond donors (Lipinski definition) is 0. The Morgan fingerprint density at radius 3 is 1.85 bits per heavy atom. The summed E-state index contributed by atoms with van der Waals surface area (Å²) in [5, 5.41) is 15.1. The molecule has 2 aliphatic rings. The lowest BCUT2D eigenvalue weighted by Crippen LogP contribution is -2.57. The van der Waals surface area contributed by atoms with Gasteiger partial charge in [-0.05, 0) is 136 Å². The van der Waals surface area contributed by atoms with Gasteiger partial charge in [-0.3, -0.25) is 0 Å². The van der Waals surface area contributed by atoms with Gasteiger partial charge in [0.1, 0.15) is 11.2 Å². The van der Waals surface area contributed by atoms with Gasteiger partial charge in [0.2, 0.25) is 0 Å². The first-order chi connectivity index (χ1) is 31.4. The molecule has 0 aliphatic carbocycles. The average Bonchev–Trinajstić information content (AvgIpc) is 3.86. The predicted molar refractivity (Wildman–Crippen MR) is 279 cm³/mol. The Hall–Kier alpha value is -7.30. The molecule has 2 aromatic heterocycles. The van der Waals surface area contributed by atoms with Gasteiger partial charge in [0.05, 0.1) is 0 Å². The molecule has 4 heteroatoms. The van der Waals surface area contributed by atoms with E-state index in [2.05, 4.69) is 216 Å². The fraction of sp³-hybridized carbons (Fsp3) is 0.148. The van der Waals surface area contributed by atoms with Crippen molar-refractivity contribution in [3.63, 3.8) is 0 Å². The van der Waals surface area contributed by atoms with Crippen LogP contribution >= 0.6 is 0 Å². The van der Waals surface area contributed by atoms with Gasteiger partial charge in [0.15, 0.2) is 0 Å². The Morgan fingerprint density at radius 1 is 0.492 bits per heavy atom. The van der Waals surface area contributed by atoms with Gasteiger partial charge in [0.25, 0.3) is 0 Å². The summed E-state index contributed by atoms with van der Waals surface area (Å²) in [5.74, 6) is 0. The smallest absolute Gasteiger partial charge is 0.333 e. The van der Waals surface area contributed by atoms with Gasteiger partial charge < -0.3 is 13.8 Å². The first-order valence-corrected chi connectivity index (χ1v) is 23.2. The standard InChI is InChI=1S/C61H47BN2O/c1-34-46-27-37-18-9-8-17-36(37)26-39(46)29-48-58(34)63(42-31-40(60(2,3)4)30-41(32-42)61(5,6)7)50-33-52-54(45-22-14-15-23-51(45)65-52)55-47-28-38-19-11-13-21-44(38)56-53-43-20-12-10-16-35(43)24-25-49(53)64(59(47)56)62(48)57(50)55/h8-33H,1-7H3. The number of benzene rings is 10. The number of rotatable bonds is 1. The van der Waals surface area contributed by atoms with Crippen molar-refractivity contribution < 1.29 is 4.42 Å². The molecule has 0 unspecified atom stereocenters. The van der Waals surface area contributed by atoms with Crippen LogP contribution in [0.2, 0.25) is 0 Å². The first-order valence-electron chi connectivity index (χ1n) is 23.2. The molecule has 0 saturated carbocycles. The van der Waals surface area contributed by atoms with Crippen LogP contribution in [0.3, 0.4) is 0 Å². The van der Waals surface area contributed by atoms with Crippen LogP contribution in [0, 0.1) is 6.92 Å². The fourth-order valence-electron chi connectivity index (χ4n) is 12.0. The van der Waals surface area contributed by atoms with E-state index < -0.39 is 0 Å². The largest absolute Gasteiger partial charge is 0.456 e. The van der Waals surface area contributed by atoms with Crippen LogP contribution in [-0.4, -0.2) is 11.3 Å². The molecule has 0 saturated heterocycles. The maximum absolute atomic E-state index is 7.05. The van der Waals surface area contributed by atoms with Crippen molar-refractivity contribution >= 4 is 122 Å². The quantitative estimate of drug-likeness (QED) is 0.121. The topological polar surface area (TPSA) is 21.3 Å². The van der Waals surface area contributed by atoms with E-state index in [4.69, 9.17) is 4.42 Å². The summed E-state index contributed by atoms with van der Waals surface area (Å²) in [4.78, 5) is 2.63. The van der Waals surface area contributed by atoms with E-state index in [1.165, 1.54) is 126 Å². The number of hydrogen-bond acceptors (Lipinski definition) is 2. The molecule has 2 aliphatic heterocycles. The normalized spacial score (nSPS) is 13.7. The Bertz CT molecular complexity index is 4080. The molecule has 0 fully saturated rings. The molecule has 0 N–H and O–H groups in total. The first kappa shape index (κ1) is 37.1. The van der Waals surface area contributed by atoms with Gasteiger partial charge >= 0.3 is 6.85 Å². The summed E-state index contributed by atoms with van der Waals surface area (Å²) < 4.78 is 9.80. The zero-order valence-corrected chi connectivity index (χ0v) is 37.9. The summed E-state index contributed by atoms with van der Waals surface area (Å²) in [6.07, 6.45) is 0. The molecule has 3 nitrogen and oxygen atoms in total. The van der Waals surface area contributed by atoms with E-state index in [0.717, 1.165) is 16.6 Å². The van der Waals surface area contributed by atoms with Crippen molar-refractivity contribution in [2.45, 2.75) is 59.3 Å². The van der Waals surface area contributed by atoms with Crippen LogP contribution in [0.25, 0.3) is 98.0 Å². The van der Waals surface area contributed by atoms with Gasteiger partial charge in [-0.15, -0.1) is 0 Å². The van der Waals surface area contributed by atoms with Gasteiger partial charge in [-0.2, -0.15) is 0 Å². The van der Waals surface area contributed by atoms with Crippen molar-refractivity contribution in [2.24, 2.45) is 0 Å². The maximum Gasteiger partial charge on any atom is 0.333 e. The number of aryl methyl sites for hydroxylation is 1. The molecule has 10 aromatic carbocycles. The molecule has 310 valence electrons. The highest BCUT2D eigenvalue weighted by molar-refractivity contribution is 6.91. The SMILES string of the molecule is Cc1c2c(cc3cc4ccccc4cc13)B1c3c(cc4oc5ccccc5c4c3-c3cc4ccccc4c4c5c6ccccc6ccc5n1c34)N2c1cc(C(C)(C)C)cc(C(C)(C)C)c1. The third-order valence-corrected chi connectivity index (χ3v) is 15.1. The minimum Gasteiger partial charge on any atom is -0.456 e. The Morgan fingerprint density at radius 2 is 1.12 bits per heavy atom. The molecule has 0 amide bonds. The molecule has 14 rings (SSSR count). The Balaban J connectivity index is 1.25. The van der Waals surface area contributed by atoms with E-state index >= 15 is 0 Å². The van der Waals surface area contributed by atoms with Crippen molar-refractivity contribution in [2.75, 3.05) is 4.90 Å². The van der Waals surface area contributed by atoms with Gasteiger partial charge in [-0.1, -0.05) is 151 Å². The van der Waals surface area contributed by atoms with Crippen LogP contribution in [0.5, 0.6) is 0 Å². The average molecular weight is 835 g/mol. The highest BCUT2D eigenvalue weighted by Crippen LogP contribution is 2.53. The Kier molecular flexibility index (Phi) is 7.13. The molecule has 12 aromatic rings. The van der Waals surface area contributed by atoms with Crippen molar-refractivity contribution in [1.29, 1.82) is 0 Å². The maximum atomic E-state index is 7.05. The molecule has 0 radical (unpaired) electrons. The van der Waals surface area contributed by atoms with Crippen LogP contribution in [0.4, 0.5) is 17.1 Å². The second-order valence-corrected chi connectivity index (χ2v) is 20.9. The molecule has 0 bridgehead atoms. The summed E-state index contributed by atoms with van der Waals surface area (Å²) in [5.41, 5.74) is 16.9. The van der Waals surface area contributed by atoms with Crippen LogP contribution in [-0.2, 0) is 10.8 Å². The fourth-order valence-corrected chi connectivity index (χ4v) is 12.0. The molecular formula is C61H47BN2O. The number of para-hydroxylation sites is 1. The summed E-state index contributed by atoms with van der Waals surface area (Å²) in [6, 6.07) is 59.9. The van der Waals surface area contributed by atoms with E-state index in [1.54, 1.807) is 0 Å². The van der Waals surface area contributed by atoms with E-state index in [1.807, 2.05) is 0 Å². The van der Waals surface area contributed by atoms with Gasteiger partial charge in [-0.25, -0.2) is 0 Å². The van der Waals surface area contributed by atoms with Crippen molar-refractivity contribution in [3.05, 3.63) is 174 Å². The highest BCUT2D eigenvalue weighted by atomic mass is 16.3. The minimum absolute atomic E-state index is 0.0743. The number of aromatic nitrogens is 1. The minimum atomic E-state index is -0.137. The summed E-state index contributed by atoms with van der Waals surface area (Å²) >= 11 is 0. The molecule has 0 atom stereocenters. The molecule has 0 spiro atoms. The Labute approximate surface area is 378 Å². The van der Waals surface area contributed by atoms with Crippen LogP contribution in [0.1, 0.15) is 58.2 Å². The third kappa shape index (κ3) is 4.92. The lowest BCUT2D eigenvalue weighted by Gasteiger charge is -2.42. The predicted octanol–water partition coefficient (Wildman–Crippen LogP) is 15.6. The lowest BCUT2D eigenvalue weighted by molar-refractivity contribution is 0.569. The number of anilines is 3. The highest BCUT2D eigenvalue weighted by Gasteiger charge is 2.46. The molecule has 4 heterocycles. The van der Waals surface area contributed by atoms with E-state index in [-0.39, 0.29) is 17.7 Å². The second kappa shape index (κ2) is 12.5. The van der Waals surface area contributed by atoms with E-state index in [0.29, 0.717) is 0 Å². The van der Waals surface area contributed by atoms with E-state index in [9.17, 15) is 0 Å². The summed E-state index contributed by atoms with van der Waals surface area (Å²) in [6.45, 7) is 16.3. The number of nitrogens with zero attached hydrogens (tertiary/aromatic N) is 2. The number of furan rings is 1. The number of fused-ring (bicyclic) bond motifs is 17. The van der Waals surface area contributed by atoms with Crippen molar-refractivity contribution in [1.82, 2.24) is 4.48 Å². The van der Waals surface area contributed by atoms with Crippen molar-refractivity contribution in [3.8, 4) is 11.1 Å². The second-order valence-electron chi connectivity index (χ2n) is 20.9. The van der Waals surface area contributed by atoms with Crippen LogP contribution < -0.4 is 15.8 Å².